The van der Waals surface area contributed by atoms with Gasteiger partial charge in [-0.15, -0.1) is 0 Å². The van der Waals surface area contributed by atoms with Gasteiger partial charge in [0.25, 0.3) is 0 Å². The van der Waals surface area contributed by atoms with Crippen LogP contribution in [0.25, 0.3) is 0 Å². The van der Waals surface area contributed by atoms with E-state index in [-0.39, 0.29) is 0 Å². The van der Waals surface area contributed by atoms with Crippen molar-refractivity contribution in [1.82, 2.24) is 5.43 Å². The zero-order valence-electron chi connectivity index (χ0n) is 13.0. The van der Waals surface area contributed by atoms with Gasteiger partial charge in [-0.3, -0.25) is 5.43 Å². The molecule has 0 fully saturated rings. The number of hydrogen-bond acceptors (Lipinski definition) is 4. The number of hydrogen-bond donors (Lipinski definition) is 1. The Bertz CT molecular complexity index is 955. The van der Waals surface area contributed by atoms with Crippen LogP contribution < -0.4 is 5.43 Å². The van der Waals surface area contributed by atoms with Crippen LogP contribution in [0.5, 0.6) is 0 Å². The average molecular weight is 380 g/mol. The Morgan fingerprint density at radius 2 is 1.75 bits per heavy atom. The number of fused-ring (bicyclic) bond motifs is 1. The first-order chi connectivity index (χ1) is 11.7. The van der Waals surface area contributed by atoms with Crippen LogP contribution in [0, 0.1) is 6.92 Å². The fourth-order valence-electron chi connectivity index (χ4n) is 2.57. The van der Waals surface area contributed by atoms with Gasteiger partial charge in [0.15, 0.2) is 11.6 Å². The summed E-state index contributed by atoms with van der Waals surface area (Å²) in [4.78, 5) is 4.76. The molecule has 1 N–H and O–H groups in total. The molecule has 1 aliphatic rings. The van der Waals surface area contributed by atoms with E-state index in [1.807, 2.05) is 67.6 Å². The van der Waals surface area contributed by atoms with Crippen LogP contribution >= 0.6 is 15.9 Å². The maximum absolute atomic E-state index is 5.76. The average Bonchev–Trinajstić information content (AvgIpc) is 2.92. The van der Waals surface area contributed by atoms with E-state index in [1.165, 1.54) is 0 Å². The summed E-state index contributed by atoms with van der Waals surface area (Å²) in [6.45, 7) is 1.92. The number of aryl methyl sites for hydroxylation is 1. The summed E-state index contributed by atoms with van der Waals surface area (Å²) in [6.07, 6.45) is 0. The molecule has 0 bridgehead atoms. The van der Waals surface area contributed by atoms with Crippen LogP contribution in [-0.2, 0) is 0 Å². The molecule has 3 aromatic rings. The van der Waals surface area contributed by atoms with Crippen LogP contribution in [0.3, 0.4) is 0 Å². The third-order valence-electron chi connectivity index (χ3n) is 3.76. The minimum Gasteiger partial charge on any atom is -0.460 e. The predicted molar refractivity (Wildman–Crippen MR) is 99.0 cm³/mol. The number of benzene rings is 2. The van der Waals surface area contributed by atoms with Gasteiger partial charge < -0.3 is 4.42 Å². The van der Waals surface area contributed by atoms with Crippen LogP contribution in [0.4, 0.5) is 5.69 Å². The quantitative estimate of drug-likeness (QED) is 0.695. The molecular weight excluding hydrogens is 366 g/mol. The normalized spacial score (nSPS) is 13.4. The van der Waals surface area contributed by atoms with E-state index >= 15 is 0 Å². The van der Waals surface area contributed by atoms with E-state index in [0.29, 0.717) is 5.84 Å². The van der Waals surface area contributed by atoms with Crippen molar-refractivity contribution < 1.29 is 4.42 Å². The Kier molecular flexibility index (Phi) is 3.78. The fraction of sp³-hybridized carbons (Fsp3) is 0.0526. The van der Waals surface area contributed by atoms with E-state index in [0.717, 1.165) is 38.5 Å². The van der Waals surface area contributed by atoms with E-state index in [1.54, 1.807) is 0 Å². The number of nitrogens with one attached hydrogen (secondary N) is 1. The molecule has 0 saturated heterocycles. The Hall–Kier alpha value is -2.66. The van der Waals surface area contributed by atoms with Crippen molar-refractivity contribution in [3.63, 3.8) is 0 Å². The Labute approximate surface area is 148 Å². The van der Waals surface area contributed by atoms with Gasteiger partial charge in [-0.2, -0.15) is 5.10 Å². The van der Waals surface area contributed by atoms with E-state index in [4.69, 9.17) is 9.41 Å². The lowest BCUT2D eigenvalue weighted by Crippen LogP contribution is -2.19. The molecule has 0 atom stereocenters. The van der Waals surface area contributed by atoms with E-state index < -0.39 is 0 Å². The predicted octanol–water partition coefficient (Wildman–Crippen LogP) is 4.78. The monoisotopic (exact) mass is 379 g/mol. The maximum atomic E-state index is 5.76. The topological polar surface area (TPSA) is 49.9 Å². The summed E-state index contributed by atoms with van der Waals surface area (Å²) in [7, 11) is 0. The molecule has 2 heterocycles. The zero-order valence-corrected chi connectivity index (χ0v) is 14.5. The molecule has 4 rings (SSSR count). The Morgan fingerprint density at radius 3 is 2.50 bits per heavy atom. The number of rotatable bonds is 2. The first-order valence-corrected chi connectivity index (χ1v) is 8.34. The minimum atomic E-state index is 0.702. The molecule has 0 saturated carbocycles. The molecule has 0 spiro atoms. The molecule has 0 amide bonds. The molecule has 0 unspecified atom stereocenters. The summed E-state index contributed by atoms with van der Waals surface area (Å²) in [5.74, 6) is 2.27. The highest BCUT2D eigenvalue weighted by Crippen LogP contribution is 2.26. The molecule has 2 aromatic carbocycles. The highest BCUT2D eigenvalue weighted by molar-refractivity contribution is 9.10. The number of hydrazone groups is 1. The van der Waals surface area contributed by atoms with Gasteiger partial charge in [0.05, 0.1) is 5.69 Å². The lowest BCUT2D eigenvalue weighted by molar-refractivity contribution is 0.525. The number of para-hydroxylation sites is 1. The molecule has 5 heteroatoms. The molecule has 1 aromatic heterocycles. The van der Waals surface area contributed by atoms with Gasteiger partial charge >= 0.3 is 0 Å². The van der Waals surface area contributed by atoms with Gasteiger partial charge in [-0.05, 0) is 37.3 Å². The van der Waals surface area contributed by atoms with Crippen LogP contribution in [0.2, 0.25) is 0 Å². The third kappa shape index (κ3) is 2.78. The molecule has 24 heavy (non-hydrogen) atoms. The second-order valence-corrected chi connectivity index (χ2v) is 6.38. The lowest BCUT2D eigenvalue weighted by Gasteiger charge is -2.04. The van der Waals surface area contributed by atoms with Crippen LogP contribution in [0.1, 0.15) is 22.6 Å². The van der Waals surface area contributed by atoms with Crippen LogP contribution in [-0.4, -0.2) is 11.5 Å². The minimum absolute atomic E-state index is 0.702. The molecular formula is C19H14BrN3O. The van der Waals surface area contributed by atoms with Gasteiger partial charge in [-0.1, -0.05) is 46.3 Å². The van der Waals surface area contributed by atoms with Crippen molar-refractivity contribution in [3.05, 3.63) is 87.8 Å². The molecule has 1 aliphatic heterocycles. The van der Waals surface area contributed by atoms with Crippen LogP contribution in [0.15, 0.2) is 79.6 Å². The fourth-order valence-corrected chi connectivity index (χ4v) is 2.84. The van der Waals surface area contributed by atoms with Gasteiger partial charge in [0.2, 0.25) is 0 Å². The smallest absolute Gasteiger partial charge is 0.155 e. The first-order valence-electron chi connectivity index (χ1n) is 7.55. The van der Waals surface area contributed by atoms with Gasteiger partial charge in [0, 0.05) is 15.6 Å². The van der Waals surface area contributed by atoms with E-state index in [9.17, 15) is 0 Å². The van der Waals surface area contributed by atoms with Crippen molar-refractivity contribution in [3.8, 4) is 0 Å². The standard InChI is InChI=1S/C19H14BrN3O/c1-12-6-11-17(24-12)18-15-4-2-3-5-16(15)21-19(23-22-18)13-7-9-14(20)10-8-13/h2-11H,1H3,(H,21,23). The Balaban J connectivity index is 1.84. The van der Waals surface area contributed by atoms with Gasteiger partial charge in [0.1, 0.15) is 11.5 Å². The highest BCUT2D eigenvalue weighted by Gasteiger charge is 2.18. The van der Waals surface area contributed by atoms with Crippen molar-refractivity contribution >= 4 is 33.2 Å². The van der Waals surface area contributed by atoms with Crippen molar-refractivity contribution in [1.29, 1.82) is 0 Å². The summed E-state index contributed by atoms with van der Waals surface area (Å²) >= 11 is 3.45. The Morgan fingerprint density at radius 1 is 0.958 bits per heavy atom. The van der Waals surface area contributed by atoms with Gasteiger partial charge in [-0.25, -0.2) is 4.99 Å². The van der Waals surface area contributed by atoms with Crippen molar-refractivity contribution in [2.45, 2.75) is 6.92 Å². The summed E-state index contributed by atoms with van der Waals surface area (Å²) in [5.41, 5.74) is 6.59. The van der Waals surface area contributed by atoms with Crippen molar-refractivity contribution in [2.24, 2.45) is 10.1 Å². The number of furan rings is 1. The zero-order chi connectivity index (χ0) is 16.5. The van der Waals surface area contributed by atoms with E-state index in [2.05, 4.69) is 26.5 Å². The summed E-state index contributed by atoms with van der Waals surface area (Å²) in [5, 5.41) is 4.56. The molecule has 0 aliphatic carbocycles. The summed E-state index contributed by atoms with van der Waals surface area (Å²) in [6, 6.07) is 19.7. The second kappa shape index (κ2) is 6.09. The molecule has 4 nitrogen and oxygen atoms in total. The second-order valence-electron chi connectivity index (χ2n) is 5.47. The number of aliphatic imine (C=N–C) groups is 1. The SMILES string of the molecule is Cc1ccc(C2=NNC(c3ccc(Br)cc3)=Nc3ccccc32)o1. The molecule has 0 radical (unpaired) electrons. The largest absolute Gasteiger partial charge is 0.460 e. The molecule has 118 valence electrons. The number of halogens is 1. The summed E-state index contributed by atoms with van der Waals surface area (Å²) < 4.78 is 6.79. The highest BCUT2D eigenvalue weighted by atomic mass is 79.9. The third-order valence-corrected chi connectivity index (χ3v) is 4.29. The number of amidine groups is 1. The first kappa shape index (κ1) is 14.9. The maximum Gasteiger partial charge on any atom is 0.155 e. The lowest BCUT2D eigenvalue weighted by atomic mass is 10.1. The number of nitrogens with zero attached hydrogens (tertiary/aromatic N) is 2. The van der Waals surface area contributed by atoms with Crippen molar-refractivity contribution in [2.75, 3.05) is 0 Å².